The second-order valence-corrected chi connectivity index (χ2v) is 6.48. The van der Waals surface area contributed by atoms with E-state index < -0.39 is 0 Å². The van der Waals surface area contributed by atoms with Crippen LogP contribution in [0, 0.1) is 5.41 Å². The molecule has 0 atom stereocenters. The van der Waals surface area contributed by atoms with Gasteiger partial charge in [-0.2, -0.15) is 4.98 Å². The number of rotatable bonds is 2. The number of nitrogens with two attached hydrogens (primary N) is 1. The number of aromatic nitrogens is 3. The third-order valence-electron chi connectivity index (χ3n) is 4.18. The molecule has 2 N–H and O–H groups in total. The summed E-state index contributed by atoms with van der Waals surface area (Å²) in [6, 6.07) is 3.59. The summed E-state index contributed by atoms with van der Waals surface area (Å²) in [4.78, 5) is 8.56. The molecule has 0 aromatic carbocycles. The van der Waals surface area contributed by atoms with Crippen molar-refractivity contribution in [3.63, 3.8) is 0 Å². The van der Waals surface area contributed by atoms with Crippen LogP contribution < -0.4 is 5.73 Å². The van der Waals surface area contributed by atoms with Gasteiger partial charge in [-0.3, -0.25) is 0 Å². The minimum Gasteiger partial charge on any atom is -0.384 e. The smallest absolute Gasteiger partial charge is 0.230 e. The van der Waals surface area contributed by atoms with E-state index in [4.69, 9.17) is 10.3 Å². The van der Waals surface area contributed by atoms with E-state index in [0.717, 1.165) is 11.5 Å². The molecule has 2 heterocycles. The normalized spacial score (nSPS) is 20.5. The van der Waals surface area contributed by atoms with Gasteiger partial charge in [0.1, 0.15) is 10.4 Å². The molecule has 2 aromatic heterocycles. The Kier molecular flexibility index (Phi) is 2.27. The van der Waals surface area contributed by atoms with Crippen LogP contribution in [0.25, 0.3) is 11.4 Å². The van der Waals surface area contributed by atoms with Crippen molar-refractivity contribution in [1.29, 1.82) is 0 Å². The number of anilines is 1. The van der Waals surface area contributed by atoms with Crippen molar-refractivity contribution in [2.24, 2.45) is 5.41 Å². The minimum absolute atomic E-state index is 0.441. The number of halogens is 1. The zero-order valence-corrected chi connectivity index (χ0v) is 11.9. The first-order chi connectivity index (χ1) is 9.13. The molecule has 2 saturated carbocycles. The Bertz CT molecular complexity index is 622. The van der Waals surface area contributed by atoms with Crippen molar-refractivity contribution >= 4 is 21.7 Å². The van der Waals surface area contributed by atoms with Gasteiger partial charge in [-0.15, -0.1) is 0 Å². The molecular formula is C13H13BrN4O. The zero-order chi connectivity index (χ0) is 13.0. The lowest BCUT2D eigenvalue weighted by Crippen LogP contribution is -2.23. The Hall–Kier alpha value is -1.43. The maximum Gasteiger partial charge on any atom is 0.230 e. The average molecular weight is 321 g/mol. The van der Waals surface area contributed by atoms with Gasteiger partial charge in [0.15, 0.2) is 0 Å². The number of hydrogen-bond donors (Lipinski definition) is 1. The summed E-state index contributed by atoms with van der Waals surface area (Å²) < 4.78 is 6.06. The summed E-state index contributed by atoms with van der Waals surface area (Å²) in [5.41, 5.74) is 7.19. The zero-order valence-electron chi connectivity index (χ0n) is 10.3. The van der Waals surface area contributed by atoms with Gasteiger partial charge >= 0.3 is 0 Å². The molecule has 19 heavy (non-hydrogen) atoms. The third-order valence-corrected chi connectivity index (χ3v) is 4.59. The van der Waals surface area contributed by atoms with Gasteiger partial charge in [-0.1, -0.05) is 5.16 Å². The highest BCUT2D eigenvalue weighted by molar-refractivity contribution is 9.10. The molecule has 0 amide bonds. The fourth-order valence-corrected chi connectivity index (χ4v) is 3.36. The summed E-state index contributed by atoms with van der Waals surface area (Å²) in [6.45, 7) is 0. The van der Waals surface area contributed by atoms with E-state index in [9.17, 15) is 0 Å². The van der Waals surface area contributed by atoms with Gasteiger partial charge in [-0.25, -0.2) is 4.98 Å². The largest absolute Gasteiger partial charge is 0.384 e. The van der Waals surface area contributed by atoms with E-state index in [1.54, 1.807) is 6.07 Å². The Labute approximate surface area is 118 Å². The minimum atomic E-state index is 0.441. The molecule has 98 valence electrons. The van der Waals surface area contributed by atoms with Crippen LogP contribution in [0.15, 0.2) is 21.3 Å². The number of nitrogens with zero attached hydrogens (tertiary/aromatic N) is 3. The third kappa shape index (κ3) is 1.94. The SMILES string of the molecule is Nc1cc(-c2noc(C3CC4(CC4)C3)n2)cc(Br)n1. The molecular weight excluding hydrogens is 308 g/mol. The van der Waals surface area contributed by atoms with Crippen LogP contribution in [-0.4, -0.2) is 15.1 Å². The Morgan fingerprint density at radius 1 is 1.26 bits per heavy atom. The van der Waals surface area contributed by atoms with Gasteiger partial charge in [0.25, 0.3) is 0 Å². The molecule has 2 aliphatic carbocycles. The van der Waals surface area contributed by atoms with Crippen LogP contribution in [0.4, 0.5) is 5.82 Å². The summed E-state index contributed by atoms with van der Waals surface area (Å²) in [5.74, 6) is 2.24. The van der Waals surface area contributed by atoms with E-state index in [-0.39, 0.29) is 0 Å². The van der Waals surface area contributed by atoms with Crippen molar-refractivity contribution in [3.8, 4) is 11.4 Å². The van der Waals surface area contributed by atoms with Crippen LogP contribution in [0.5, 0.6) is 0 Å². The molecule has 1 spiro atoms. The van der Waals surface area contributed by atoms with E-state index in [1.165, 1.54) is 25.7 Å². The van der Waals surface area contributed by atoms with Crippen LogP contribution in [-0.2, 0) is 0 Å². The molecule has 5 nitrogen and oxygen atoms in total. The van der Waals surface area contributed by atoms with Crippen molar-refractivity contribution in [3.05, 3.63) is 22.6 Å². The Morgan fingerprint density at radius 3 is 2.74 bits per heavy atom. The van der Waals surface area contributed by atoms with E-state index in [1.807, 2.05) is 6.07 Å². The second kappa shape index (κ2) is 3.79. The monoisotopic (exact) mass is 320 g/mol. The topological polar surface area (TPSA) is 77.8 Å². The molecule has 2 aliphatic rings. The van der Waals surface area contributed by atoms with Gasteiger partial charge < -0.3 is 10.3 Å². The lowest BCUT2D eigenvalue weighted by atomic mass is 9.72. The molecule has 0 aliphatic heterocycles. The van der Waals surface area contributed by atoms with Crippen molar-refractivity contribution in [2.75, 3.05) is 5.73 Å². The molecule has 0 saturated heterocycles. The number of pyridine rings is 1. The first kappa shape index (κ1) is 11.4. The van der Waals surface area contributed by atoms with Crippen LogP contribution in [0.1, 0.15) is 37.5 Å². The van der Waals surface area contributed by atoms with Gasteiger partial charge in [0.05, 0.1) is 0 Å². The average Bonchev–Trinajstić information content (AvgIpc) is 2.97. The first-order valence-electron chi connectivity index (χ1n) is 6.41. The highest BCUT2D eigenvalue weighted by Gasteiger charge is 2.54. The molecule has 4 rings (SSSR count). The molecule has 2 fully saturated rings. The summed E-state index contributed by atoms with van der Waals surface area (Å²) in [6.07, 6.45) is 5.16. The number of nitrogen functional groups attached to an aromatic ring is 1. The maximum atomic E-state index is 5.72. The maximum absolute atomic E-state index is 5.72. The lowest BCUT2D eigenvalue weighted by molar-refractivity contribution is 0.192. The predicted octanol–water partition coefficient (Wildman–Crippen LogP) is 3.13. The van der Waals surface area contributed by atoms with Crippen LogP contribution >= 0.6 is 15.9 Å². The fourth-order valence-electron chi connectivity index (χ4n) is 2.91. The Morgan fingerprint density at radius 2 is 2.05 bits per heavy atom. The molecule has 0 bridgehead atoms. The second-order valence-electron chi connectivity index (χ2n) is 5.66. The first-order valence-corrected chi connectivity index (χ1v) is 7.20. The molecule has 2 aromatic rings. The van der Waals surface area contributed by atoms with Crippen molar-refractivity contribution < 1.29 is 4.52 Å². The molecule has 6 heteroatoms. The summed E-state index contributed by atoms with van der Waals surface area (Å²) in [5, 5.41) is 4.05. The molecule has 0 radical (unpaired) electrons. The van der Waals surface area contributed by atoms with Gasteiger partial charge in [0, 0.05) is 11.5 Å². The number of hydrogen-bond acceptors (Lipinski definition) is 5. The fraction of sp³-hybridized carbons (Fsp3) is 0.462. The van der Waals surface area contributed by atoms with Gasteiger partial charge in [-0.05, 0) is 59.2 Å². The summed E-state index contributed by atoms with van der Waals surface area (Å²) >= 11 is 3.32. The van der Waals surface area contributed by atoms with Crippen molar-refractivity contribution in [1.82, 2.24) is 15.1 Å². The highest BCUT2D eigenvalue weighted by Crippen LogP contribution is 2.65. The standard InChI is InChI=1S/C13H13BrN4O/c14-9-3-7(4-10(15)16-9)11-17-12(19-18-11)8-5-13(6-8)1-2-13/h3-4,8H,1-2,5-6H2,(H2,15,16). The predicted molar refractivity (Wildman–Crippen MR) is 73.3 cm³/mol. The van der Waals surface area contributed by atoms with E-state index in [0.29, 0.717) is 27.6 Å². The van der Waals surface area contributed by atoms with Crippen molar-refractivity contribution in [2.45, 2.75) is 31.6 Å². The van der Waals surface area contributed by atoms with E-state index >= 15 is 0 Å². The Balaban J connectivity index is 1.60. The summed E-state index contributed by atoms with van der Waals surface area (Å²) in [7, 11) is 0. The highest BCUT2D eigenvalue weighted by atomic mass is 79.9. The lowest BCUT2D eigenvalue weighted by Gasteiger charge is -2.32. The van der Waals surface area contributed by atoms with E-state index in [2.05, 4.69) is 31.1 Å². The quantitative estimate of drug-likeness (QED) is 0.860. The van der Waals surface area contributed by atoms with Crippen LogP contribution in [0.2, 0.25) is 0 Å². The van der Waals surface area contributed by atoms with Gasteiger partial charge in [0.2, 0.25) is 11.7 Å². The molecule has 0 unspecified atom stereocenters. The van der Waals surface area contributed by atoms with Crippen LogP contribution in [0.3, 0.4) is 0 Å².